The number of nitrogens with zero attached hydrogens (tertiary/aromatic N) is 3. The summed E-state index contributed by atoms with van der Waals surface area (Å²) in [5, 5.41) is 7.53. The molecular weight excluding hydrogens is 342 g/mol. The number of nitrogens with one attached hydrogen (secondary N) is 2. The van der Waals surface area contributed by atoms with Crippen LogP contribution < -0.4 is 20.1 Å². The van der Waals surface area contributed by atoms with Crippen molar-refractivity contribution in [3.63, 3.8) is 0 Å². The lowest BCUT2D eigenvalue weighted by atomic mass is 10.2. The normalized spacial score (nSPS) is 12.1. The van der Waals surface area contributed by atoms with Crippen LogP contribution in [0.4, 0.5) is 23.1 Å². The van der Waals surface area contributed by atoms with Gasteiger partial charge in [0.25, 0.3) is 0 Å². The second-order valence-corrected chi connectivity index (χ2v) is 5.99. The number of hydrogen-bond acceptors (Lipinski definition) is 7. The molecule has 3 heterocycles. The molecule has 2 N–H and O–H groups in total. The Morgan fingerprint density at radius 1 is 0.778 bits per heavy atom. The van der Waals surface area contributed by atoms with E-state index in [-0.39, 0.29) is 6.79 Å². The van der Waals surface area contributed by atoms with Gasteiger partial charge in [-0.05, 0) is 42.5 Å². The highest BCUT2D eigenvalue weighted by atomic mass is 16.7. The highest BCUT2D eigenvalue weighted by Gasteiger charge is 2.13. The predicted molar refractivity (Wildman–Crippen MR) is 103 cm³/mol. The van der Waals surface area contributed by atoms with Gasteiger partial charge in [-0.3, -0.25) is 4.98 Å². The van der Waals surface area contributed by atoms with Crippen LogP contribution in [0, 0.1) is 0 Å². The van der Waals surface area contributed by atoms with Crippen molar-refractivity contribution in [1.29, 1.82) is 0 Å². The van der Waals surface area contributed by atoms with E-state index in [2.05, 4.69) is 25.6 Å². The van der Waals surface area contributed by atoms with Crippen molar-refractivity contribution < 1.29 is 9.47 Å². The Labute approximate surface area is 155 Å². The minimum atomic E-state index is 0.252. The van der Waals surface area contributed by atoms with Gasteiger partial charge in [0, 0.05) is 35.2 Å². The van der Waals surface area contributed by atoms with Gasteiger partial charge in [0.2, 0.25) is 12.7 Å². The van der Waals surface area contributed by atoms with E-state index in [1.165, 1.54) is 0 Å². The SMILES string of the molecule is c1cnc2ccc(Nc3nccc(Nc4ccc5c(c4)OCO5)n3)cc2c1. The summed E-state index contributed by atoms with van der Waals surface area (Å²) in [4.78, 5) is 13.1. The minimum absolute atomic E-state index is 0.252. The summed E-state index contributed by atoms with van der Waals surface area (Å²) in [7, 11) is 0. The molecule has 2 aromatic carbocycles. The first kappa shape index (κ1) is 15.4. The molecular formula is C20H15N5O2. The third kappa shape index (κ3) is 3.18. The van der Waals surface area contributed by atoms with E-state index in [0.29, 0.717) is 11.8 Å². The number of anilines is 4. The molecule has 0 saturated carbocycles. The fraction of sp³-hybridized carbons (Fsp3) is 0.0500. The smallest absolute Gasteiger partial charge is 0.231 e. The molecule has 0 radical (unpaired) electrons. The molecule has 5 rings (SSSR count). The minimum Gasteiger partial charge on any atom is -0.454 e. The molecule has 0 amide bonds. The molecule has 0 spiro atoms. The van der Waals surface area contributed by atoms with E-state index in [4.69, 9.17) is 9.47 Å². The Balaban J connectivity index is 1.36. The summed E-state index contributed by atoms with van der Waals surface area (Å²) in [6.07, 6.45) is 3.48. The molecule has 0 atom stereocenters. The van der Waals surface area contributed by atoms with Crippen LogP contribution in [0.1, 0.15) is 0 Å². The molecule has 7 heteroatoms. The van der Waals surface area contributed by atoms with Crippen LogP contribution in [0.2, 0.25) is 0 Å². The lowest BCUT2D eigenvalue weighted by molar-refractivity contribution is 0.174. The second-order valence-electron chi connectivity index (χ2n) is 5.99. The van der Waals surface area contributed by atoms with Crippen LogP contribution in [0.3, 0.4) is 0 Å². The summed E-state index contributed by atoms with van der Waals surface area (Å²) < 4.78 is 10.7. The van der Waals surface area contributed by atoms with Crippen molar-refractivity contribution in [1.82, 2.24) is 15.0 Å². The van der Waals surface area contributed by atoms with E-state index in [1.807, 2.05) is 48.5 Å². The molecule has 1 aliphatic heterocycles. The van der Waals surface area contributed by atoms with Gasteiger partial charge < -0.3 is 20.1 Å². The van der Waals surface area contributed by atoms with Crippen molar-refractivity contribution in [2.45, 2.75) is 0 Å². The molecule has 7 nitrogen and oxygen atoms in total. The summed E-state index contributed by atoms with van der Waals surface area (Å²) in [5.41, 5.74) is 2.71. The van der Waals surface area contributed by atoms with Crippen LogP contribution >= 0.6 is 0 Å². The standard InChI is InChI=1S/C20H15N5O2/c1-2-13-10-14(3-5-16(13)21-8-1)24-20-22-9-7-19(25-20)23-15-4-6-17-18(11-15)27-12-26-17/h1-11H,12H2,(H2,22,23,24,25). The number of ether oxygens (including phenoxy) is 2. The largest absolute Gasteiger partial charge is 0.454 e. The molecule has 0 aliphatic carbocycles. The highest BCUT2D eigenvalue weighted by molar-refractivity contribution is 5.82. The first-order valence-corrected chi connectivity index (χ1v) is 8.45. The number of fused-ring (bicyclic) bond motifs is 2. The van der Waals surface area contributed by atoms with Gasteiger partial charge in [-0.2, -0.15) is 4.98 Å². The van der Waals surface area contributed by atoms with E-state index < -0.39 is 0 Å². The number of aromatic nitrogens is 3. The van der Waals surface area contributed by atoms with Gasteiger partial charge in [0.15, 0.2) is 11.5 Å². The van der Waals surface area contributed by atoms with Gasteiger partial charge in [0.05, 0.1) is 5.52 Å². The Morgan fingerprint density at radius 3 is 2.67 bits per heavy atom. The molecule has 0 fully saturated rings. The van der Waals surface area contributed by atoms with E-state index >= 15 is 0 Å². The van der Waals surface area contributed by atoms with Crippen molar-refractivity contribution in [2.75, 3.05) is 17.4 Å². The van der Waals surface area contributed by atoms with Gasteiger partial charge >= 0.3 is 0 Å². The molecule has 4 aromatic rings. The van der Waals surface area contributed by atoms with Gasteiger partial charge in [-0.1, -0.05) is 6.07 Å². The fourth-order valence-electron chi connectivity index (χ4n) is 2.89. The third-order valence-corrected chi connectivity index (χ3v) is 4.16. The Bertz CT molecular complexity index is 1130. The van der Waals surface area contributed by atoms with Crippen LogP contribution in [-0.2, 0) is 0 Å². The van der Waals surface area contributed by atoms with Crippen molar-refractivity contribution >= 4 is 34.0 Å². The first-order chi connectivity index (χ1) is 13.3. The topological polar surface area (TPSA) is 81.2 Å². The molecule has 0 bridgehead atoms. The number of rotatable bonds is 4. The third-order valence-electron chi connectivity index (χ3n) is 4.16. The van der Waals surface area contributed by atoms with Crippen molar-refractivity contribution in [3.8, 4) is 11.5 Å². The monoisotopic (exact) mass is 357 g/mol. The number of pyridine rings is 1. The summed E-state index contributed by atoms with van der Waals surface area (Å²) in [5.74, 6) is 2.64. The Kier molecular flexibility index (Phi) is 3.68. The molecule has 2 aromatic heterocycles. The zero-order chi connectivity index (χ0) is 18.1. The fourth-order valence-corrected chi connectivity index (χ4v) is 2.89. The summed E-state index contributed by atoms with van der Waals surface area (Å²) in [6, 6.07) is 17.3. The van der Waals surface area contributed by atoms with Crippen LogP contribution in [-0.4, -0.2) is 21.7 Å². The van der Waals surface area contributed by atoms with Gasteiger partial charge in [-0.15, -0.1) is 0 Å². The van der Waals surface area contributed by atoms with Gasteiger partial charge in [0.1, 0.15) is 5.82 Å². The highest BCUT2D eigenvalue weighted by Crippen LogP contribution is 2.35. The molecule has 132 valence electrons. The molecule has 0 unspecified atom stereocenters. The maximum absolute atomic E-state index is 5.40. The quantitative estimate of drug-likeness (QED) is 0.565. The lowest BCUT2D eigenvalue weighted by Gasteiger charge is -2.09. The van der Waals surface area contributed by atoms with E-state index in [0.717, 1.165) is 33.8 Å². The number of benzene rings is 2. The lowest BCUT2D eigenvalue weighted by Crippen LogP contribution is -2.00. The zero-order valence-electron chi connectivity index (χ0n) is 14.2. The summed E-state index contributed by atoms with van der Waals surface area (Å²) >= 11 is 0. The Hall–Kier alpha value is -3.87. The van der Waals surface area contributed by atoms with E-state index in [9.17, 15) is 0 Å². The average Bonchev–Trinajstić information content (AvgIpc) is 3.16. The maximum Gasteiger partial charge on any atom is 0.231 e. The van der Waals surface area contributed by atoms with E-state index in [1.54, 1.807) is 18.5 Å². The molecule has 27 heavy (non-hydrogen) atoms. The number of hydrogen-bond donors (Lipinski definition) is 2. The molecule has 1 aliphatic rings. The van der Waals surface area contributed by atoms with Crippen LogP contribution in [0.25, 0.3) is 10.9 Å². The predicted octanol–water partition coefficient (Wildman–Crippen LogP) is 4.24. The summed E-state index contributed by atoms with van der Waals surface area (Å²) in [6.45, 7) is 0.252. The first-order valence-electron chi connectivity index (χ1n) is 8.45. The van der Waals surface area contributed by atoms with Crippen molar-refractivity contribution in [3.05, 3.63) is 67.0 Å². The second kappa shape index (κ2) is 6.45. The average molecular weight is 357 g/mol. The Morgan fingerprint density at radius 2 is 1.67 bits per heavy atom. The zero-order valence-corrected chi connectivity index (χ0v) is 14.2. The van der Waals surface area contributed by atoms with Crippen molar-refractivity contribution in [2.24, 2.45) is 0 Å². The maximum atomic E-state index is 5.40. The molecule has 0 saturated heterocycles. The van der Waals surface area contributed by atoms with Crippen LogP contribution in [0.15, 0.2) is 67.0 Å². The van der Waals surface area contributed by atoms with Gasteiger partial charge in [-0.25, -0.2) is 4.98 Å². The van der Waals surface area contributed by atoms with Crippen LogP contribution in [0.5, 0.6) is 11.5 Å².